The molecule has 0 bridgehead atoms. The van der Waals surface area contributed by atoms with Gasteiger partial charge in [0.1, 0.15) is 0 Å². The van der Waals surface area contributed by atoms with Gasteiger partial charge in [-0.05, 0) is 5.56 Å². The summed E-state index contributed by atoms with van der Waals surface area (Å²) in [7, 11) is 0. The van der Waals surface area contributed by atoms with Gasteiger partial charge in [0.05, 0.1) is 25.9 Å². The SMILES string of the molecule is O=C(O)NC(COCCO)c1ccccc1. The molecule has 0 radical (unpaired) electrons. The smallest absolute Gasteiger partial charge is 0.405 e. The Morgan fingerprint density at radius 3 is 2.62 bits per heavy atom. The Balaban J connectivity index is 2.60. The zero-order valence-electron chi connectivity index (χ0n) is 8.80. The average Bonchev–Trinajstić information content (AvgIpc) is 2.29. The van der Waals surface area contributed by atoms with E-state index in [1.807, 2.05) is 30.3 Å². The van der Waals surface area contributed by atoms with Crippen LogP contribution < -0.4 is 5.32 Å². The minimum absolute atomic E-state index is 0.0748. The summed E-state index contributed by atoms with van der Waals surface area (Å²) in [6, 6.07) is 8.75. The monoisotopic (exact) mass is 225 g/mol. The molecule has 1 unspecified atom stereocenters. The molecule has 0 fully saturated rings. The first-order chi connectivity index (χ1) is 7.74. The number of hydrogen-bond donors (Lipinski definition) is 3. The summed E-state index contributed by atoms with van der Waals surface area (Å²) in [5.74, 6) is 0. The molecule has 0 saturated carbocycles. The van der Waals surface area contributed by atoms with Crippen molar-refractivity contribution in [1.82, 2.24) is 5.32 Å². The van der Waals surface area contributed by atoms with Crippen LogP contribution in [0.3, 0.4) is 0 Å². The predicted molar refractivity (Wildman–Crippen MR) is 58.2 cm³/mol. The molecule has 88 valence electrons. The number of benzene rings is 1. The Hall–Kier alpha value is -1.59. The lowest BCUT2D eigenvalue weighted by Crippen LogP contribution is -2.30. The number of aliphatic hydroxyl groups excluding tert-OH is 1. The largest absolute Gasteiger partial charge is 0.465 e. The Bertz CT molecular complexity index is 315. The van der Waals surface area contributed by atoms with Crippen molar-refractivity contribution in [3.63, 3.8) is 0 Å². The van der Waals surface area contributed by atoms with E-state index in [0.29, 0.717) is 0 Å². The zero-order valence-corrected chi connectivity index (χ0v) is 8.80. The molecule has 0 spiro atoms. The number of ether oxygens (including phenoxy) is 1. The van der Waals surface area contributed by atoms with Gasteiger partial charge in [0.15, 0.2) is 0 Å². The summed E-state index contributed by atoms with van der Waals surface area (Å²) < 4.78 is 5.12. The minimum atomic E-state index is -1.10. The van der Waals surface area contributed by atoms with Crippen LogP contribution in [0.15, 0.2) is 30.3 Å². The number of carboxylic acid groups (broad SMARTS) is 1. The quantitative estimate of drug-likeness (QED) is 0.631. The molecule has 0 aliphatic carbocycles. The van der Waals surface area contributed by atoms with Crippen LogP contribution >= 0.6 is 0 Å². The molecule has 0 aliphatic heterocycles. The van der Waals surface area contributed by atoms with Gasteiger partial charge in [-0.1, -0.05) is 30.3 Å². The van der Waals surface area contributed by atoms with Crippen LogP contribution in [0.5, 0.6) is 0 Å². The number of rotatable bonds is 6. The van der Waals surface area contributed by atoms with Crippen molar-refractivity contribution in [2.75, 3.05) is 19.8 Å². The second kappa shape index (κ2) is 6.81. The molecule has 5 heteroatoms. The van der Waals surface area contributed by atoms with Gasteiger partial charge in [0, 0.05) is 0 Å². The first kappa shape index (κ1) is 12.5. The lowest BCUT2D eigenvalue weighted by atomic mass is 10.1. The minimum Gasteiger partial charge on any atom is -0.465 e. The van der Waals surface area contributed by atoms with Gasteiger partial charge < -0.3 is 20.3 Å². The highest BCUT2D eigenvalue weighted by atomic mass is 16.5. The number of hydrogen-bond acceptors (Lipinski definition) is 3. The number of amides is 1. The highest BCUT2D eigenvalue weighted by molar-refractivity contribution is 5.65. The van der Waals surface area contributed by atoms with E-state index in [9.17, 15) is 4.79 Å². The molecule has 5 nitrogen and oxygen atoms in total. The van der Waals surface area contributed by atoms with Crippen molar-refractivity contribution in [3.8, 4) is 0 Å². The maximum Gasteiger partial charge on any atom is 0.405 e. The van der Waals surface area contributed by atoms with E-state index in [4.69, 9.17) is 14.9 Å². The third-order valence-corrected chi connectivity index (χ3v) is 2.02. The molecule has 0 saturated heterocycles. The standard InChI is InChI=1S/C11H15NO4/c13-6-7-16-8-10(12-11(14)15)9-4-2-1-3-5-9/h1-5,10,12-13H,6-8H2,(H,14,15). The third-order valence-electron chi connectivity index (χ3n) is 2.02. The molecular formula is C11H15NO4. The Labute approximate surface area is 93.7 Å². The molecule has 1 atom stereocenters. The van der Waals surface area contributed by atoms with Crippen LogP contribution in [0, 0.1) is 0 Å². The van der Waals surface area contributed by atoms with Crippen LogP contribution in [0.2, 0.25) is 0 Å². The Morgan fingerprint density at radius 2 is 2.06 bits per heavy atom. The maximum absolute atomic E-state index is 10.6. The molecule has 16 heavy (non-hydrogen) atoms. The van der Waals surface area contributed by atoms with Crippen molar-refractivity contribution in [2.45, 2.75) is 6.04 Å². The van der Waals surface area contributed by atoms with Gasteiger partial charge in [0.25, 0.3) is 0 Å². The van der Waals surface area contributed by atoms with Crippen molar-refractivity contribution in [3.05, 3.63) is 35.9 Å². The molecule has 0 heterocycles. The van der Waals surface area contributed by atoms with Crippen LogP contribution in [0.4, 0.5) is 4.79 Å². The van der Waals surface area contributed by atoms with Crippen molar-refractivity contribution < 1.29 is 19.7 Å². The molecular weight excluding hydrogens is 210 g/mol. The van der Waals surface area contributed by atoms with Crippen molar-refractivity contribution in [1.29, 1.82) is 0 Å². The van der Waals surface area contributed by atoms with Crippen LogP contribution in [0.25, 0.3) is 0 Å². The molecule has 1 rings (SSSR count). The van der Waals surface area contributed by atoms with Gasteiger partial charge in [-0.25, -0.2) is 4.79 Å². The molecule has 0 aromatic heterocycles. The summed E-state index contributed by atoms with van der Waals surface area (Å²) in [6.45, 7) is 0.329. The fraction of sp³-hybridized carbons (Fsp3) is 0.364. The summed E-state index contributed by atoms with van der Waals surface area (Å²) in [5, 5.41) is 19.6. The normalized spacial score (nSPS) is 12.1. The molecule has 1 aromatic carbocycles. The van der Waals surface area contributed by atoms with E-state index in [-0.39, 0.29) is 19.8 Å². The van der Waals surface area contributed by atoms with Crippen molar-refractivity contribution in [2.24, 2.45) is 0 Å². The highest BCUT2D eigenvalue weighted by Crippen LogP contribution is 2.12. The molecule has 1 aromatic rings. The number of carbonyl (C=O) groups is 1. The second-order valence-electron chi connectivity index (χ2n) is 3.21. The Morgan fingerprint density at radius 1 is 1.38 bits per heavy atom. The molecule has 1 amide bonds. The van der Waals surface area contributed by atoms with Gasteiger partial charge in [0.2, 0.25) is 0 Å². The van der Waals surface area contributed by atoms with E-state index in [1.165, 1.54) is 0 Å². The zero-order chi connectivity index (χ0) is 11.8. The van der Waals surface area contributed by atoms with Gasteiger partial charge in [-0.3, -0.25) is 0 Å². The highest BCUT2D eigenvalue weighted by Gasteiger charge is 2.13. The Kier molecular flexibility index (Phi) is 5.31. The van der Waals surface area contributed by atoms with E-state index in [1.54, 1.807) is 0 Å². The predicted octanol–water partition coefficient (Wildman–Crippen LogP) is 1.00. The summed E-state index contributed by atoms with van der Waals surface area (Å²) in [5.41, 5.74) is 0.836. The van der Waals surface area contributed by atoms with Crippen LogP contribution in [-0.4, -0.2) is 36.1 Å². The summed E-state index contributed by atoms with van der Waals surface area (Å²) in [4.78, 5) is 10.6. The summed E-state index contributed by atoms with van der Waals surface area (Å²) in [6.07, 6.45) is -1.10. The topological polar surface area (TPSA) is 78.8 Å². The van der Waals surface area contributed by atoms with Gasteiger partial charge in [-0.2, -0.15) is 0 Å². The molecule has 0 aliphatic rings. The second-order valence-corrected chi connectivity index (χ2v) is 3.21. The summed E-state index contributed by atoms with van der Waals surface area (Å²) >= 11 is 0. The van der Waals surface area contributed by atoms with E-state index in [2.05, 4.69) is 5.32 Å². The van der Waals surface area contributed by atoms with Crippen LogP contribution in [0.1, 0.15) is 11.6 Å². The number of aliphatic hydroxyl groups is 1. The van der Waals surface area contributed by atoms with E-state index in [0.717, 1.165) is 5.56 Å². The van der Waals surface area contributed by atoms with Gasteiger partial charge in [-0.15, -0.1) is 0 Å². The lowest BCUT2D eigenvalue weighted by molar-refractivity contribution is 0.0759. The lowest BCUT2D eigenvalue weighted by Gasteiger charge is -2.17. The average molecular weight is 225 g/mol. The van der Waals surface area contributed by atoms with Crippen molar-refractivity contribution >= 4 is 6.09 Å². The molecule has 3 N–H and O–H groups in total. The first-order valence-electron chi connectivity index (χ1n) is 4.97. The third kappa shape index (κ3) is 4.29. The van der Waals surface area contributed by atoms with E-state index < -0.39 is 12.1 Å². The first-order valence-corrected chi connectivity index (χ1v) is 4.97. The van der Waals surface area contributed by atoms with Crippen LogP contribution in [-0.2, 0) is 4.74 Å². The number of nitrogens with one attached hydrogen (secondary N) is 1. The van der Waals surface area contributed by atoms with Gasteiger partial charge >= 0.3 is 6.09 Å². The fourth-order valence-electron chi connectivity index (χ4n) is 1.32. The fourth-order valence-corrected chi connectivity index (χ4v) is 1.32. The van der Waals surface area contributed by atoms with E-state index >= 15 is 0 Å². The maximum atomic E-state index is 10.6.